The van der Waals surface area contributed by atoms with Crippen molar-refractivity contribution < 1.29 is 9.59 Å². The predicted molar refractivity (Wildman–Crippen MR) is 126 cm³/mol. The standard InChI is InChI=1S/C26H32N4O2/c1-19(20-10-4-2-5-11-20)28-25(31)18-30-23-15-9-8-14-22(23)29-24(30)16-17-27-26(32)21-12-6-3-7-13-21/h2,4-5,8-11,14-15,19,21H,3,6-7,12-13,16-18H2,1H3,(H,27,32)(H,28,31). The first-order valence-corrected chi connectivity index (χ1v) is 11.7. The molecule has 1 heterocycles. The van der Waals surface area contributed by atoms with Gasteiger partial charge in [-0.25, -0.2) is 4.98 Å². The van der Waals surface area contributed by atoms with Crippen LogP contribution in [0.5, 0.6) is 0 Å². The summed E-state index contributed by atoms with van der Waals surface area (Å²) in [5, 5.41) is 6.17. The number of amides is 2. The maximum absolute atomic E-state index is 12.8. The molecular weight excluding hydrogens is 400 g/mol. The van der Waals surface area contributed by atoms with Gasteiger partial charge in [0.05, 0.1) is 17.1 Å². The van der Waals surface area contributed by atoms with Crippen molar-refractivity contribution in [3.63, 3.8) is 0 Å². The highest BCUT2D eigenvalue weighted by atomic mass is 16.2. The van der Waals surface area contributed by atoms with Gasteiger partial charge in [0.2, 0.25) is 11.8 Å². The molecule has 2 aromatic carbocycles. The van der Waals surface area contributed by atoms with Crippen molar-refractivity contribution in [3.05, 3.63) is 66.0 Å². The second kappa shape index (κ2) is 10.4. The van der Waals surface area contributed by atoms with E-state index in [0.29, 0.717) is 13.0 Å². The molecule has 168 valence electrons. The van der Waals surface area contributed by atoms with Gasteiger partial charge in [-0.1, -0.05) is 61.7 Å². The monoisotopic (exact) mass is 432 g/mol. The smallest absolute Gasteiger partial charge is 0.240 e. The Bertz CT molecular complexity index is 1050. The molecule has 0 saturated heterocycles. The van der Waals surface area contributed by atoms with Gasteiger partial charge < -0.3 is 15.2 Å². The van der Waals surface area contributed by atoms with Crippen LogP contribution in [-0.4, -0.2) is 27.9 Å². The summed E-state index contributed by atoms with van der Waals surface area (Å²) in [4.78, 5) is 30.1. The highest BCUT2D eigenvalue weighted by molar-refractivity contribution is 5.81. The molecule has 0 bridgehead atoms. The van der Waals surface area contributed by atoms with Gasteiger partial charge in [-0.15, -0.1) is 0 Å². The van der Waals surface area contributed by atoms with Gasteiger partial charge >= 0.3 is 0 Å². The van der Waals surface area contributed by atoms with Crippen molar-refractivity contribution in [2.75, 3.05) is 6.54 Å². The Morgan fingerprint density at radius 1 is 1.03 bits per heavy atom. The lowest BCUT2D eigenvalue weighted by Gasteiger charge is -2.20. The van der Waals surface area contributed by atoms with E-state index in [0.717, 1.165) is 48.1 Å². The summed E-state index contributed by atoms with van der Waals surface area (Å²) in [5.74, 6) is 1.06. The summed E-state index contributed by atoms with van der Waals surface area (Å²) < 4.78 is 1.97. The molecular formula is C26H32N4O2. The van der Waals surface area contributed by atoms with E-state index in [1.165, 1.54) is 6.42 Å². The third-order valence-corrected chi connectivity index (χ3v) is 6.34. The van der Waals surface area contributed by atoms with Crippen molar-refractivity contribution in [1.82, 2.24) is 20.2 Å². The summed E-state index contributed by atoms with van der Waals surface area (Å²) in [7, 11) is 0. The summed E-state index contributed by atoms with van der Waals surface area (Å²) >= 11 is 0. The first-order valence-electron chi connectivity index (χ1n) is 11.7. The Labute approximate surface area is 189 Å². The fourth-order valence-corrected chi connectivity index (χ4v) is 4.56. The number of fused-ring (bicyclic) bond motifs is 1. The number of carbonyl (C=O) groups excluding carboxylic acids is 2. The average Bonchev–Trinajstić information content (AvgIpc) is 3.17. The molecule has 32 heavy (non-hydrogen) atoms. The van der Waals surface area contributed by atoms with Crippen molar-refractivity contribution in [1.29, 1.82) is 0 Å². The zero-order chi connectivity index (χ0) is 22.3. The van der Waals surface area contributed by atoms with Crippen LogP contribution in [0, 0.1) is 5.92 Å². The summed E-state index contributed by atoms with van der Waals surface area (Å²) in [5.41, 5.74) is 2.87. The molecule has 1 atom stereocenters. The van der Waals surface area contributed by atoms with Gasteiger partial charge in [0.1, 0.15) is 12.4 Å². The van der Waals surface area contributed by atoms with Crippen LogP contribution in [0.4, 0.5) is 0 Å². The normalized spacial score (nSPS) is 15.4. The molecule has 2 N–H and O–H groups in total. The molecule has 1 aliphatic carbocycles. The van der Waals surface area contributed by atoms with E-state index in [9.17, 15) is 9.59 Å². The number of benzene rings is 2. The summed E-state index contributed by atoms with van der Waals surface area (Å²) in [6.45, 7) is 2.71. The maximum Gasteiger partial charge on any atom is 0.240 e. The number of para-hydroxylation sites is 2. The highest BCUT2D eigenvalue weighted by Gasteiger charge is 2.21. The number of hydrogen-bond acceptors (Lipinski definition) is 3. The quantitative estimate of drug-likeness (QED) is 0.561. The number of rotatable bonds is 8. The molecule has 1 saturated carbocycles. The van der Waals surface area contributed by atoms with Gasteiger partial charge in [-0.2, -0.15) is 0 Å². The Morgan fingerprint density at radius 2 is 1.75 bits per heavy atom. The largest absolute Gasteiger partial charge is 0.355 e. The Hall–Kier alpha value is -3.15. The van der Waals surface area contributed by atoms with Crippen LogP contribution < -0.4 is 10.6 Å². The Kier molecular flexibility index (Phi) is 7.20. The molecule has 3 aromatic rings. The summed E-state index contributed by atoms with van der Waals surface area (Å²) in [6, 6.07) is 17.7. The lowest BCUT2D eigenvalue weighted by molar-refractivity contribution is -0.126. The maximum atomic E-state index is 12.8. The topological polar surface area (TPSA) is 76.0 Å². The van der Waals surface area contributed by atoms with Gasteiger partial charge in [-0.05, 0) is 37.5 Å². The fraction of sp³-hybridized carbons (Fsp3) is 0.423. The van der Waals surface area contributed by atoms with Crippen molar-refractivity contribution in [2.24, 2.45) is 5.92 Å². The van der Waals surface area contributed by atoms with E-state index in [1.54, 1.807) is 0 Å². The Morgan fingerprint density at radius 3 is 2.53 bits per heavy atom. The number of imidazole rings is 1. The zero-order valence-electron chi connectivity index (χ0n) is 18.7. The molecule has 0 radical (unpaired) electrons. The number of aromatic nitrogens is 2. The van der Waals surface area contributed by atoms with Crippen molar-refractivity contribution in [3.8, 4) is 0 Å². The minimum Gasteiger partial charge on any atom is -0.355 e. The van der Waals surface area contributed by atoms with Gasteiger partial charge in [0.15, 0.2) is 0 Å². The van der Waals surface area contributed by atoms with Crippen molar-refractivity contribution >= 4 is 22.8 Å². The molecule has 6 nitrogen and oxygen atoms in total. The van der Waals surface area contributed by atoms with Crippen LogP contribution in [0.15, 0.2) is 54.6 Å². The van der Waals surface area contributed by atoms with E-state index in [1.807, 2.05) is 66.1 Å². The lowest BCUT2D eigenvalue weighted by atomic mass is 9.89. The first-order chi connectivity index (χ1) is 15.6. The third kappa shape index (κ3) is 5.36. The van der Waals surface area contributed by atoms with Gasteiger partial charge in [-0.3, -0.25) is 9.59 Å². The second-order valence-corrected chi connectivity index (χ2v) is 8.68. The predicted octanol–water partition coefficient (Wildman–Crippen LogP) is 4.15. The van der Waals surface area contributed by atoms with E-state index < -0.39 is 0 Å². The molecule has 0 aliphatic heterocycles. The van der Waals surface area contributed by atoms with E-state index in [-0.39, 0.29) is 30.3 Å². The van der Waals surface area contributed by atoms with Gasteiger partial charge in [0.25, 0.3) is 0 Å². The molecule has 1 aliphatic rings. The number of nitrogens with one attached hydrogen (secondary N) is 2. The highest BCUT2D eigenvalue weighted by Crippen LogP contribution is 2.23. The van der Waals surface area contributed by atoms with E-state index in [4.69, 9.17) is 4.98 Å². The second-order valence-electron chi connectivity index (χ2n) is 8.68. The minimum absolute atomic E-state index is 0.0583. The van der Waals surface area contributed by atoms with Crippen LogP contribution >= 0.6 is 0 Å². The summed E-state index contributed by atoms with van der Waals surface area (Å²) in [6.07, 6.45) is 6.09. The number of nitrogens with zero attached hydrogens (tertiary/aromatic N) is 2. The molecule has 4 rings (SSSR count). The van der Waals surface area contributed by atoms with E-state index >= 15 is 0 Å². The van der Waals surface area contributed by atoms with Crippen molar-refractivity contribution in [2.45, 2.75) is 58.0 Å². The number of hydrogen-bond donors (Lipinski definition) is 2. The van der Waals surface area contributed by atoms with Crippen LogP contribution in [0.1, 0.15) is 56.5 Å². The van der Waals surface area contributed by atoms with Crippen LogP contribution in [0.2, 0.25) is 0 Å². The van der Waals surface area contributed by atoms with Crippen LogP contribution in [-0.2, 0) is 22.6 Å². The van der Waals surface area contributed by atoms with Crippen LogP contribution in [0.3, 0.4) is 0 Å². The molecule has 1 unspecified atom stereocenters. The zero-order valence-corrected chi connectivity index (χ0v) is 18.7. The molecule has 1 aromatic heterocycles. The molecule has 0 spiro atoms. The SMILES string of the molecule is CC(NC(=O)Cn1c(CCNC(=O)C2CCCCC2)nc2ccccc21)c1ccccc1. The number of carbonyl (C=O) groups is 2. The van der Waals surface area contributed by atoms with E-state index in [2.05, 4.69) is 10.6 Å². The first kappa shape index (κ1) is 22.1. The molecule has 2 amide bonds. The fourth-order valence-electron chi connectivity index (χ4n) is 4.56. The third-order valence-electron chi connectivity index (χ3n) is 6.34. The Balaban J connectivity index is 1.41. The molecule has 1 fully saturated rings. The molecule has 6 heteroatoms. The van der Waals surface area contributed by atoms with Crippen LogP contribution in [0.25, 0.3) is 11.0 Å². The lowest BCUT2D eigenvalue weighted by Crippen LogP contribution is -2.34. The average molecular weight is 433 g/mol. The minimum atomic E-state index is -0.0725. The van der Waals surface area contributed by atoms with Gasteiger partial charge in [0, 0.05) is 18.9 Å².